The van der Waals surface area contributed by atoms with Crippen LogP contribution in [-0.2, 0) is 0 Å². The first-order valence-electron chi connectivity index (χ1n) is 7.26. The average molecular weight is 302 g/mol. The third-order valence-corrected chi connectivity index (χ3v) is 4.43. The lowest BCUT2D eigenvalue weighted by atomic mass is 10.1. The summed E-state index contributed by atoms with van der Waals surface area (Å²) in [6.45, 7) is 5.88. The van der Waals surface area contributed by atoms with E-state index in [0.29, 0.717) is 0 Å². The summed E-state index contributed by atoms with van der Waals surface area (Å²) >= 11 is 6.28. The second-order valence-corrected chi connectivity index (χ2v) is 5.84. The number of para-hydroxylation sites is 2. The number of piperazine rings is 1. The minimum absolute atomic E-state index is 0.820. The van der Waals surface area contributed by atoms with E-state index in [1.54, 1.807) is 0 Å². The van der Waals surface area contributed by atoms with Crippen molar-refractivity contribution in [2.75, 3.05) is 41.7 Å². The Morgan fingerprint density at radius 2 is 1.43 bits per heavy atom. The molecule has 1 aliphatic heterocycles. The summed E-state index contributed by atoms with van der Waals surface area (Å²) in [6, 6.07) is 14.3. The second-order valence-electron chi connectivity index (χ2n) is 5.43. The van der Waals surface area contributed by atoms with Gasteiger partial charge in [0, 0.05) is 26.2 Å². The lowest BCUT2D eigenvalue weighted by molar-refractivity contribution is 0.654. The molecule has 0 amide bonds. The number of anilines is 3. The van der Waals surface area contributed by atoms with E-state index >= 15 is 0 Å². The normalized spacial score (nSPS) is 15.3. The first-order valence-corrected chi connectivity index (χ1v) is 7.64. The summed E-state index contributed by atoms with van der Waals surface area (Å²) in [4.78, 5) is 4.69. The van der Waals surface area contributed by atoms with E-state index in [0.717, 1.165) is 53.8 Å². The molecule has 1 aliphatic rings. The minimum atomic E-state index is 0.820. The van der Waals surface area contributed by atoms with Gasteiger partial charge in [-0.05, 0) is 30.7 Å². The Morgan fingerprint density at radius 3 is 2.10 bits per heavy atom. The van der Waals surface area contributed by atoms with Crippen molar-refractivity contribution in [1.82, 2.24) is 0 Å². The number of nitrogen functional groups attached to an aromatic ring is 1. The Labute approximate surface area is 130 Å². The number of aryl methyl sites for hydroxylation is 1. The Morgan fingerprint density at radius 1 is 0.857 bits per heavy atom. The summed E-state index contributed by atoms with van der Waals surface area (Å²) in [6.07, 6.45) is 0. The molecule has 1 heterocycles. The number of halogens is 1. The molecular formula is C17H20ClN3. The van der Waals surface area contributed by atoms with Crippen LogP contribution in [0.25, 0.3) is 0 Å². The molecular weight excluding hydrogens is 282 g/mol. The molecule has 2 N–H and O–H groups in total. The second kappa shape index (κ2) is 5.86. The van der Waals surface area contributed by atoms with Crippen LogP contribution < -0.4 is 15.5 Å². The van der Waals surface area contributed by atoms with Crippen molar-refractivity contribution in [3.8, 4) is 0 Å². The molecule has 2 aromatic carbocycles. The molecule has 0 bridgehead atoms. The Bertz CT molecular complexity index is 634. The fourth-order valence-electron chi connectivity index (χ4n) is 2.84. The maximum absolute atomic E-state index is 6.28. The average Bonchev–Trinajstić information content (AvgIpc) is 2.51. The number of benzene rings is 2. The van der Waals surface area contributed by atoms with E-state index in [1.807, 2.05) is 18.2 Å². The molecule has 0 unspecified atom stereocenters. The Kier molecular flexibility index (Phi) is 3.93. The largest absolute Gasteiger partial charge is 0.397 e. The molecule has 0 saturated carbocycles. The van der Waals surface area contributed by atoms with E-state index in [-0.39, 0.29) is 0 Å². The first-order chi connectivity index (χ1) is 10.2. The van der Waals surface area contributed by atoms with Gasteiger partial charge in [0.2, 0.25) is 0 Å². The molecule has 0 spiro atoms. The molecule has 110 valence electrons. The van der Waals surface area contributed by atoms with E-state index in [9.17, 15) is 0 Å². The first kappa shape index (κ1) is 14.1. The van der Waals surface area contributed by atoms with Crippen LogP contribution in [0, 0.1) is 6.92 Å². The fourth-order valence-corrected chi connectivity index (χ4v) is 3.09. The van der Waals surface area contributed by atoms with Crippen LogP contribution >= 0.6 is 11.6 Å². The smallest absolute Gasteiger partial charge is 0.0639 e. The van der Waals surface area contributed by atoms with Crippen molar-refractivity contribution in [3.05, 3.63) is 53.1 Å². The SMILES string of the molecule is Cc1cccc(N2CCN(c3ccccc3Cl)CC2)c1N. The van der Waals surface area contributed by atoms with Crippen LogP contribution in [0.5, 0.6) is 0 Å². The molecule has 0 aromatic heterocycles. The third-order valence-electron chi connectivity index (χ3n) is 4.11. The lowest BCUT2D eigenvalue weighted by Gasteiger charge is -2.38. The summed E-state index contributed by atoms with van der Waals surface area (Å²) < 4.78 is 0. The van der Waals surface area contributed by atoms with E-state index in [1.165, 1.54) is 0 Å². The number of nitrogens with zero attached hydrogens (tertiary/aromatic N) is 2. The Hall–Kier alpha value is -1.87. The van der Waals surface area contributed by atoms with Gasteiger partial charge in [-0.15, -0.1) is 0 Å². The molecule has 3 rings (SSSR count). The predicted molar refractivity (Wildman–Crippen MR) is 91.5 cm³/mol. The van der Waals surface area contributed by atoms with Gasteiger partial charge in [0.15, 0.2) is 0 Å². The molecule has 3 nitrogen and oxygen atoms in total. The zero-order valence-electron chi connectivity index (χ0n) is 12.2. The Balaban J connectivity index is 1.74. The van der Waals surface area contributed by atoms with Crippen molar-refractivity contribution in [3.63, 3.8) is 0 Å². The van der Waals surface area contributed by atoms with Crippen LogP contribution in [0.4, 0.5) is 17.1 Å². The van der Waals surface area contributed by atoms with Gasteiger partial charge in [-0.25, -0.2) is 0 Å². The van der Waals surface area contributed by atoms with Gasteiger partial charge in [-0.3, -0.25) is 0 Å². The van der Waals surface area contributed by atoms with Crippen molar-refractivity contribution >= 4 is 28.7 Å². The molecule has 2 aromatic rings. The molecule has 0 atom stereocenters. The standard InChI is InChI=1S/C17H20ClN3/c1-13-5-4-8-16(17(13)19)21-11-9-20(10-12-21)15-7-3-2-6-14(15)18/h2-8H,9-12,19H2,1H3. The van der Waals surface area contributed by atoms with Gasteiger partial charge in [-0.1, -0.05) is 35.9 Å². The van der Waals surface area contributed by atoms with Crippen LogP contribution in [0.1, 0.15) is 5.56 Å². The van der Waals surface area contributed by atoms with Crippen LogP contribution in [-0.4, -0.2) is 26.2 Å². The van der Waals surface area contributed by atoms with Crippen molar-refractivity contribution in [2.45, 2.75) is 6.92 Å². The maximum Gasteiger partial charge on any atom is 0.0639 e. The van der Waals surface area contributed by atoms with Gasteiger partial charge < -0.3 is 15.5 Å². The molecule has 1 saturated heterocycles. The van der Waals surface area contributed by atoms with Gasteiger partial charge in [0.25, 0.3) is 0 Å². The van der Waals surface area contributed by atoms with Crippen molar-refractivity contribution < 1.29 is 0 Å². The summed E-state index contributed by atoms with van der Waals surface area (Å²) in [5.74, 6) is 0. The zero-order valence-corrected chi connectivity index (χ0v) is 13.0. The molecule has 21 heavy (non-hydrogen) atoms. The number of hydrogen-bond acceptors (Lipinski definition) is 3. The van der Waals surface area contributed by atoms with Crippen LogP contribution in [0.15, 0.2) is 42.5 Å². The quantitative estimate of drug-likeness (QED) is 0.861. The summed E-state index contributed by atoms with van der Waals surface area (Å²) in [5, 5.41) is 0.820. The highest BCUT2D eigenvalue weighted by Crippen LogP contribution is 2.30. The highest BCUT2D eigenvalue weighted by atomic mass is 35.5. The van der Waals surface area contributed by atoms with E-state index in [4.69, 9.17) is 17.3 Å². The van der Waals surface area contributed by atoms with E-state index < -0.39 is 0 Å². The summed E-state index contributed by atoms with van der Waals surface area (Å²) in [5.41, 5.74) is 10.5. The van der Waals surface area contributed by atoms with E-state index in [2.05, 4.69) is 41.0 Å². The lowest BCUT2D eigenvalue weighted by Crippen LogP contribution is -2.46. The topological polar surface area (TPSA) is 32.5 Å². The van der Waals surface area contributed by atoms with Gasteiger partial charge in [0.05, 0.1) is 22.1 Å². The number of nitrogens with two attached hydrogens (primary N) is 1. The highest BCUT2D eigenvalue weighted by molar-refractivity contribution is 6.33. The minimum Gasteiger partial charge on any atom is -0.397 e. The van der Waals surface area contributed by atoms with Crippen LogP contribution in [0.2, 0.25) is 5.02 Å². The van der Waals surface area contributed by atoms with Gasteiger partial charge in [0.1, 0.15) is 0 Å². The number of rotatable bonds is 2. The zero-order chi connectivity index (χ0) is 14.8. The van der Waals surface area contributed by atoms with Crippen LogP contribution in [0.3, 0.4) is 0 Å². The maximum atomic E-state index is 6.28. The highest BCUT2D eigenvalue weighted by Gasteiger charge is 2.20. The number of hydrogen-bond donors (Lipinski definition) is 1. The monoisotopic (exact) mass is 301 g/mol. The van der Waals surface area contributed by atoms with Gasteiger partial charge in [-0.2, -0.15) is 0 Å². The molecule has 0 aliphatic carbocycles. The fraction of sp³-hybridized carbons (Fsp3) is 0.294. The summed E-state index contributed by atoms with van der Waals surface area (Å²) in [7, 11) is 0. The van der Waals surface area contributed by atoms with Crippen molar-refractivity contribution in [2.24, 2.45) is 0 Å². The van der Waals surface area contributed by atoms with Crippen molar-refractivity contribution in [1.29, 1.82) is 0 Å². The third kappa shape index (κ3) is 2.79. The predicted octanol–water partition coefficient (Wildman–Crippen LogP) is 3.56. The molecule has 0 radical (unpaired) electrons. The molecule has 1 fully saturated rings. The van der Waals surface area contributed by atoms with Gasteiger partial charge >= 0.3 is 0 Å². The molecule has 4 heteroatoms.